The molecular weight excluding hydrogens is 324 g/mol. The van der Waals surface area contributed by atoms with Crippen LogP contribution in [0, 0.1) is 0 Å². The fourth-order valence-corrected chi connectivity index (χ4v) is 3.37. The molecule has 4 rings (SSSR count). The molecule has 1 N–H and O–H groups in total. The van der Waals surface area contributed by atoms with Crippen LogP contribution in [0.3, 0.4) is 0 Å². The first-order chi connectivity index (χ1) is 11.8. The molecule has 0 atom stereocenters. The predicted molar refractivity (Wildman–Crippen MR) is 92.4 cm³/mol. The average molecular weight is 338 g/mol. The number of carbonyl (C=O) groups is 1. The van der Waals surface area contributed by atoms with Gasteiger partial charge in [-0.3, -0.25) is 10.1 Å². The summed E-state index contributed by atoms with van der Waals surface area (Å²) < 4.78 is 11.1. The molecule has 0 radical (unpaired) electrons. The molecule has 2 heterocycles. The second-order valence-corrected chi connectivity index (χ2v) is 6.31. The summed E-state index contributed by atoms with van der Waals surface area (Å²) in [5.74, 6) is 1.24. The zero-order chi connectivity index (χ0) is 16.4. The number of hydrogen-bond acceptors (Lipinski definition) is 5. The van der Waals surface area contributed by atoms with Crippen molar-refractivity contribution in [2.45, 2.75) is 6.61 Å². The number of ether oxygens (including phenoxy) is 2. The minimum Gasteiger partial charge on any atom is -0.487 e. The van der Waals surface area contributed by atoms with E-state index in [1.54, 1.807) is 0 Å². The predicted octanol–water partition coefficient (Wildman–Crippen LogP) is 3.72. The van der Waals surface area contributed by atoms with Gasteiger partial charge in [-0.25, -0.2) is 4.98 Å². The Morgan fingerprint density at radius 3 is 2.83 bits per heavy atom. The Bertz CT molecular complexity index is 877. The van der Waals surface area contributed by atoms with Gasteiger partial charge in [0.25, 0.3) is 5.91 Å². The third-order valence-corrected chi connectivity index (χ3v) is 4.50. The van der Waals surface area contributed by atoms with Crippen molar-refractivity contribution < 1.29 is 14.3 Å². The smallest absolute Gasteiger partial charge is 0.264 e. The van der Waals surface area contributed by atoms with Crippen molar-refractivity contribution in [3.8, 4) is 22.8 Å². The highest BCUT2D eigenvalue weighted by Gasteiger charge is 2.22. The maximum absolute atomic E-state index is 12.0. The van der Waals surface area contributed by atoms with Gasteiger partial charge in [-0.2, -0.15) is 0 Å². The van der Waals surface area contributed by atoms with Crippen molar-refractivity contribution in [2.75, 3.05) is 11.9 Å². The van der Waals surface area contributed by atoms with Crippen molar-refractivity contribution in [1.82, 2.24) is 4.98 Å². The summed E-state index contributed by atoms with van der Waals surface area (Å²) in [5.41, 5.74) is 1.83. The molecule has 0 fully saturated rings. The van der Waals surface area contributed by atoms with Gasteiger partial charge in [-0.15, -0.1) is 0 Å². The van der Waals surface area contributed by atoms with Gasteiger partial charge in [0.15, 0.2) is 11.7 Å². The van der Waals surface area contributed by atoms with E-state index in [4.69, 9.17) is 9.47 Å². The first-order valence-electron chi connectivity index (χ1n) is 7.49. The third-order valence-electron chi connectivity index (χ3n) is 3.56. The van der Waals surface area contributed by atoms with E-state index in [9.17, 15) is 4.79 Å². The van der Waals surface area contributed by atoms with Gasteiger partial charge in [0.2, 0.25) is 0 Å². The van der Waals surface area contributed by atoms with Gasteiger partial charge >= 0.3 is 0 Å². The van der Waals surface area contributed by atoms with Crippen molar-refractivity contribution in [3.05, 3.63) is 59.5 Å². The van der Waals surface area contributed by atoms with E-state index >= 15 is 0 Å². The summed E-state index contributed by atoms with van der Waals surface area (Å²) in [6.07, 6.45) is 0. The van der Waals surface area contributed by atoms with Crippen LogP contribution in [-0.4, -0.2) is 17.5 Å². The van der Waals surface area contributed by atoms with Crippen molar-refractivity contribution in [1.29, 1.82) is 0 Å². The summed E-state index contributed by atoms with van der Waals surface area (Å²) in [4.78, 5) is 17.6. The maximum Gasteiger partial charge on any atom is 0.264 e. The summed E-state index contributed by atoms with van der Waals surface area (Å²) in [5, 5.41) is 3.35. The highest BCUT2D eigenvalue weighted by atomic mass is 32.1. The first-order valence-corrected chi connectivity index (χ1v) is 8.31. The van der Waals surface area contributed by atoms with Crippen molar-refractivity contribution in [2.24, 2.45) is 0 Å². The zero-order valence-corrected chi connectivity index (χ0v) is 13.5. The first kappa shape index (κ1) is 14.7. The van der Waals surface area contributed by atoms with E-state index < -0.39 is 0 Å². The fraction of sp³-hybridized carbons (Fsp3) is 0.111. The van der Waals surface area contributed by atoms with Crippen LogP contribution in [0.4, 0.5) is 5.13 Å². The molecule has 120 valence electrons. The molecular formula is C18H14N2O3S. The summed E-state index contributed by atoms with van der Waals surface area (Å²) >= 11 is 1.43. The Morgan fingerprint density at radius 1 is 1.17 bits per heavy atom. The lowest BCUT2D eigenvalue weighted by atomic mass is 10.1. The van der Waals surface area contributed by atoms with Gasteiger partial charge in [0.05, 0.1) is 10.6 Å². The van der Waals surface area contributed by atoms with E-state index in [0.29, 0.717) is 17.5 Å². The minimum absolute atomic E-state index is 0.0542. The number of hydrogen-bond donors (Lipinski definition) is 1. The van der Waals surface area contributed by atoms with Crippen LogP contribution < -0.4 is 14.8 Å². The number of fused-ring (bicyclic) bond motifs is 3. The number of benzene rings is 2. The molecule has 6 heteroatoms. The summed E-state index contributed by atoms with van der Waals surface area (Å²) in [6, 6.07) is 17.0. The van der Waals surface area contributed by atoms with E-state index in [2.05, 4.69) is 10.3 Å². The quantitative estimate of drug-likeness (QED) is 0.787. The Balaban J connectivity index is 1.45. The van der Waals surface area contributed by atoms with Gasteiger partial charge in [0, 0.05) is 5.56 Å². The van der Waals surface area contributed by atoms with Crippen LogP contribution in [0.25, 0.3) is 11.3 Å². The standard InChI is InChI=1S/C18H14N2O3S/c21-16(11-22-12-6-2-1-3-7-12)19-18-20-17-13-8-4-5-9-14(13)23-10-15(17)24-18/h1-9H,10-11H2,(H,19,20,21). The lowest BCUT2D eigenvalue weighted by Gasteiger charge is -2.15. The van der Waals surface area contributed by atoms with Gasteiger partial charge in [-0.05, 0) is 24.3 Å². The minimum atomic E-state index is -0.237. The molecule has 1 amide bonds. The van der Waals surface area contributed by atoms with Crippen molar-refractivity contribution >= 4 is 22.4 Å². The SMILES string of the molecule is O=C(COc1ccccc1)Nc1nc2c(s1)COc1ccccc1-2. The lowest BCUT2D eigenvalue weighted by molar-refractivity contribution is -0.118. The van der Waals surface area contributed by atoms with Crippen LogP contribution in [-0.2, 0) is 11.4 Å². The number of carbonyl (C=O) groups excluding carboxylic acids is 1. The fourth-order valence-electron chi connectivity index (χ4n) is 2.47. The largest absolute Gasteiger partial charge is 0.487 e. The second-order valence-electron chi connectivity index (χ2n) is 5.23. The number of nitrogens with zero attached hydrogens (tertiary/aromatic N) is 1. The molecule has 0 unspecified atom stereocenters. The van der Waals surface area contributed by atoms with E-state index in [-0.39, 0.29) is 12.5 Å². The normalized spacial score (nSPS) is 11.8. The maximum atomic E-state index is 12.0. The molecule has 1 aromatic heterocycles. The Labute approximate surface area is 142 Å². The lowest BCUT2D eigenvalue weighted by Crippen LogP contribution is -2.19. The molecule has 0 spiro atoms. The van der Waals surface area contributed by atoms with Crippen LogP contribution in [0.5, 0.6) is 11.5 Å². The third kappa shape index (κ3) is 2.96. The number of thiazole rings is 1. The Morgan fingerprint density at radius 2 is 1.96 bits per heavy atom. The highest BCUT2D eigenvalue weighted by Crippen LogP contribution is 2.40. The number of anilines is 1. The molecule has 1 aliphatic rings. The van der Waals surface area contributed by atoms with Gasteiger partial charge in [0.1, 0.15) is 18.1 Å². The number of rotatable bonds is 4. The van der Waals surface area contributed by atoms with E-state index in [1.165, 1.54) is 11.3 Å². The molecule has 0 bridgehead atoms. The average Bonchev–Trinajstić information content (AvgIpc) is 3.04. The molecule has 5 nitrogen and oxygen atoms in total. The van der Waals surface area contributed by atoms with Crippen LogP contribution in [0.15, 0.2) is 54.6 Å². The molecule has 0 saturated carbocycles. The highest BCUT2D eigenvalue weighted by molar-refractivity contribution is 7.16. The number of amides is 1. The summed E-state index contributed by atoms with van der Waals surface area (Å²) in [6.45, 7) is 0.418. The van der Waals surface area contributed by atoms with Crippen LogP contribution in [0.1, 0.15) is 4.88 Å². The Kier molecular flexibility index (Phi) is 3.88. The molecule has 2 aromatic carbocycles. The number of nitrogens with one attached hydrogen (secondary N) is 1. The van der Waals surface area contributed by atoms with Crippen molar-refractivity contribution in [3.63, 3.8) is 0 Å². The van der Waals surface area contributed by atoms with Crippen LogP contribution in [0.2, 0.25) is 0 Å². The number of aromatic nitrogens is 1. The Hall–Kier alpha value is -2.86. The van der Waals surface area contributed by atoms with E-state index in [0.717, 1.165) is 21.9 Å². The second kappa shape index (κ2) is 6.33. The monoisotopic (exact) mass is 338 g/mol. The molecule has 3 aromatic rings. The zero-order valence-electron chi connectivity index (χ0n) is 12.7. The summed E-state index contributed by atoms with van der Waals surface area (Å²) in [7, 11) is 0. The molecule has 0 saturated heterocycles. The molecule has 24 heavy (non-hydrogen) atoms. The molecule has 1 aliphatic heterocycles. The van der Waals surface area contributed by atoms with E-state index in [1.807, 2.05) is 54.6 Å². The van der Waals surface area contributed by atoms with Gasteiger partial charge in [-0.1, -0.05) is 41.7 Å². The number of para-hydroxylation sites is 2. The van der Waals surface area contributed by atoms with Gasteiger partial charge < -0.3 is 9.47 Å². The van der Waals surface area contributed by atoms with Crippen LogP contribution >= 0.6 is 11.3 Å². The molecule has 0 aliphatic carbocycles. The topological polar surface area (TPSA) is 60.5 Å².